The highest BCUT2D eigenvalue weighted by Crippen LogP contribution is 2.41. The van der Waals surface area contributed by atoms with Crippen LogP contribution in [0.2, 0.25) is 0 Å². The predicted molar refractivity (Wildman–Crippen MR) is 116 cm³/mol. The molecule has 1 aliphatic carbocycles. The molecule has 1 aliphatic heterocycles. The lowest BCUT2D eigenvalue weighted by Crippen LogP contribution is -2.16. The summed E-state index contributed by atoms with van der Waals surface area (Å²) in [6.07, 6.45) is 7.65. The van der Waals surface area contributed by atoms with E-state index in [0.717, 1.165) is 75.0 Å². The fourth-order valence-electron chi connectivity index (χ4n) is 4.70. The quantitative estimate of drug-likeness (QED) is 0.720. The highest BCUT2D eigenvalue weighted by atomic mass is 32.1. The van der Waals surface area contributed by atoms with Gasteiger partial charge in [0.05, 0.1) is 17.8 Å². The first-order valence-corrected chi connectivity index (χ1v) is 11.6. The topological polar surface area (TPSA) is 71.5 Å². The number of nitrogens with zero attached hydrogens (tertiary/aromatic N) is 1. The van der Waals surface area contributed by atoms with Crippen LogP contribution >= 0.6 is 11.3 Å². The minimum Gasteiger partial charge on any atom is -0.496 e. The van der Waals surface area contributed by atoms with Crippen LogP contribution in [-0.2, 0) is 17.6 Å². The van der Waals surface area contributed by atoms with Crippen molar-refractivity contribution in [2.45, 2.75) is 57.3 Å². The molecule has 2 N–H and O–H groups in total. The Balaban J connectivity index is 1.48. The Labute approximate surface area is 176 Å². The Morgan fingerprint density at radius 2 is 1.93 bits per heavy atom. The Hall–Kier alpha value is -1.92. The molecule has 6 heteroatoms. The number of hydrogen-bond acceptors (Lipinski definition) is 5. The number of methoxy groups -OCH3 is 1. The van der Waals surface area contributed by atoms with Gasteiger partial charge in [0.25, 0.3) is 0 Å². The molecule has 0 amide bonds. The SMILES string of the molecule is COc1cc2c(cc1-c1csc(C3CCC(CCC(=O)O)CC3)n1)CCNCC2. The second-order valence-corrected chi connectivity index (χ2v) is 9.18. The van der Waals surface area contributed by atoms with Crippen molar-refractivity contribution in [3.05, 3.63) is 33.6 Å². The van der Waals surface area contributed by atoms with Crippen molar-refractivity contribution in [1.29, 1.82) is 0 Å². The van der Waals surface area contributed by atoms with E-state index >= 15 is 0 Å². The Morgan fingerprint density at radius 1 is 1.21 bits per heavy atom. The standard InChI is InChI=1S/C23H30N2O3S/c1-28-21-13-18-9-11-24-10-8-17(18)12-19(21)20-14-29-23(25-20)16-5-2-15(3-6-16)4-7-22(26)27/h12-16,24H,2-11H2,1H3,(H,26,27). The van der Waals surface area contributed by atoms with Gasteiger partial charge in [-0.3, -0.25) is 4.79 Å². The van der Waals surface area contributed by atoms with Crippen molar-refractivity contribution in [3.8, 4) is 17.0 Å². The number of benzene rings is 1. The minimum atomic E-state index is -0.679. The van der Waals surface area contributed by atoms with Crippen molar-refractivity contribution >= 4 is 17.3 Å². The van der Waals surface area contributed by atoms with Crippen molar-refractivity contribution in [1.82, 2.24) is 10.3 Å². The van der Waals surface area contributed by atoms with Crippen LogP contribution in [0.5, 0.6) is 5.75 Å². The Bertz CT molecular complexity index is 856. The van der Waals surface area contributed by atoms with Gasteiger partial charge in [-0.2, -0.15) is 0 Å². The number of carbonyl (C=O) groups is 1. The van der Waals surface area contributed by atoms with Crippen molar-refractivity contribution in [2.24, 2.45) is 5.92 Å². The summed E-state index contributed by atoms with van der Waals surface area (Å²) in [4.78, 5) is 15.8. The van der Waals surface area contributed by atoms with Crippen molar-refractivity contribution in [3.63, 3.8) is 0 Å². The van der Waals surface area contributed by atoms with Gasteiger partial charge in [-0.15, -0.1) is 11.3 Å². The molecule has 2 heterocycles. The van der Waals surface area contributed by atoms with Gasteiger partial charge in [-0.1, -0.05) is 0 Å². The molecule has 1 aromatic heterocycles. The summed E-state index contributed by atoms with van der Waals surface area (Å²) < 4.78 is 5.72. The molecule has 0 radical (unpaired) electrons. The number of aromatic nitrogens is 1. The van der Waals surface area contributed by atoms with E-state index < -0.39 is 5.97 Å². The van der Waals surface area contributed by atoms with Crippen molar-refractivity contribution < 1.29 is 14.6 Å². The number of nitrogens with one attached hydrogen (secondary N) is 1. The van der Waals surface area contributed by atoms with E-state index in [9.17, 15) is 4.79 Å². The molecule has 0 bridgehead atoms. The van der Waals surface area contributed by atoms with Crippen LogP contribution in [0.25, 0.3) is 11.3 Å². The maximum Gasteiger partial charge on any atom is 0.303 e. The third kappa shape index (κ3) is 4.81. The number of ether oxygens (including phenoxy) is 1. The summed E-state index contributed by atoms with van der Waals surface area (Å²) in [5.74, 6) is 1.30. The maximum atomic E-state index is 10.8. The van der Waals surface area contributed by atoms with Crippen LogP contribution in [0.4, 0.5) is 0 Å². The fraction of sp³-hybridized carbons (Fsp3) is 0.565. The molecule has 29 heavy (non-hydrogen) atoms. The second kappa shape index (κ2) is 9.26. The second-order valence-electron chi connectivity index (χ2n) is 8.29. The largest absolute Gasteiger partial charge is 0.496 e. The van der Waals surface area contributed by atoms with E-state index in [0.29, 0.717) is 18.3 Å². The first kappa shape index (κ1) is 20.4. The van der Waals surface area contributed by atoms with Crippen LogP contribution in [0.3, 0.4) is 0 Å². The lowest BCUT2D eigenvalue weighted by Gasteiger charge is -2.26. The number of carboxylic acid groups (broad SMARTS) is 1. The van der Waals surface area contributed by atoms with Gasteiger partial charge >= 0.3 is 5.97 Å². The van der Waals surface area contributed by atoms with Gasteiger partial charge in [-0.05, 0) is 87.2 Å². The molecule has 0 saturated heterocycles. The lowest BCUT2D eigenvalue weighted by atomic mass is 9.80. The molecule has 0 atom stereocenters. The Morgan fingerprint density at radius 3 is 2.62 bits per heavy atom. The zero-order valence-corrected chi connectivity index (χ0v) is 17.9. The molecule has 0 spiro atoms. The van der Waals surface area contributed by atoms with Crippen LogP contribution < -0.4 is 10.1 Å². The monoisotopic (exact) mass is 414 g/mol. The lowest BCUT2D eigenvalue weighted by molar-refractivity contribution is -0.137. The number of carboxylic acids is 1. The number of hydrogen-bond donors (Lipinski definition) is 2. The summed E-state index contributed by atoms with van der Waals surface area (Å²) in [6, 6.07) is 4.48. The molecule has 4 rings (SSSR count). The number of thiazole rings is 1. The zero-order valence-electron chi connectivity index (χ0n) is 17.1. The predicted octanol–water partition coefficient (Wildman–Crippen LogP) is 4.65. The van der Waals surface area contributed by atoms with E-state index in [4.69, 9.17) is 14.8 Å². The molecule has 0 unspecified atom stereocenters. The first-order chi connectivity index (χ1) is 14.1. The molecule has 1 aromatic carbocycles. The highest BCUT2D eigenvalue weighted by molar-refractivity contribution is 7.10. The molecular formula is C23H30N2O3S. The van der Waals surface area contributed by atoms with E-state index in [-0.39, 0.29) is 0 Å². The van der Waals surface area contributed by atoms with Crippen LogP contribution in [0, 0.1) is 5.92 Å². The number of rotatable bonds is 6. The van der Waals surface area contributed by atoms with Crippen LogP contribution in [0.1, 0.15) is 60.6 Å². The van der Waals surface area contributed by atoms with E-state index in [1.807, 2.05) is 0 Å². The summed E-state index contributed by atoms with van der Waals surface area (Å²) in [6.45, 7) is 2.04. The molecule has 156 valence electrons. The van der Waals surface area contributed by atoms with Gasteiger partial charge in [-0.25, -0.2) is 4.98 Å². The summed E-state index contributed by atoms with van der Waals surface area (Å²) >= 11 is 1.76. The average Bonchev–Trinajstić information content (AvgIpc) is 3.11. The number of fused-ring (bicyclic) bond motifs is 1. The summed E-state index contributed by atoms with van der Waals surface area (Å²) in [5.41, 5.74) is 4.91. The smallest absolute Gasteiger partial charge is 0.303 e. The average molecular weight is 415 g/mol. The molecule has 1 fully saturated rings. The molecule has 2 aromatic rings. The van der Waals surface area contributed by atoms with Gasteiger partial charge in [0.15, 0.2) is 0 Å². The minimum absolute atomic E-state index is 0.296. The molecule has 1 saturated carbocycles. The van der Waals surface area contributed by atoms with E-state index in [2.05, 4.69) is 22.8 Å². The van der Waals surface area contributed by atoms with Gasteiger partial charge in [0, 0.05) is 23.3 Å². The molecular weight excluding hydrogens is 384 g/mol. The van der Waals surface area contributed by atoms with Crippen molar-refractivity contribution in [2.75, 3.05) is 20.2 Å². The van der Waals surface area contributed by atoms with Gasteiger partial charge in [0.1, 0.15) is 5.75 Å². The summed E-state index contributed by atoms with van der Waals surface area (Å²) in [5, 5.41) is 15.8. The normalized spacial score (nSPS) is 22.0. The first-order valence-electron chi connectivity index (χ1n) is 10.7. The van der Waals surface area contributed by atoms with Gasteiger partial charge in [0.2, 0.25) is 0 Å². The number of aliphatic carboxylic acids is 1. The highest BCUT2D eigenvalue weighted by Gasteiger charge is 2.25. The van der Waals surface area contributed by atoms with E-state index in [1.165, 1.54) is 16.1 Å². The third-order valence-corrected chi connectivity index (χ3v) is 7.43. The fourth-order valence-corrected chi connectivity index (χ4v) is 5.69. The Kier molecular flexibility index (Phi) is 6.50. The third-order valence-electron chi connectivity index (χ3n) is 6.42. The van der Waals surface area contributed by atoms with Crippen LogP contribution in [-0.4, -0.2) is 36.3 Å². The van der Waals surface area contributed by atoms with E-state index in [1.54, 1.807) is 18.4 Å². The summed E-state index contributed by atoms with van der Waals surface area (Å²) in [7, 11) is 1.74. The maximum absolute atomic E-state index is 10.8. The molecule has 5 nitrogen and oxygen atoms in total. The zero-order chi connectivity index (χ0) is 20.2. The molecule has 2 aliphatic rings. The van der Waals surface area contributed by atoms with Crippen LogP contribution in [0.15, 0.2) is 17.5 Å². The van der Waals surface area contributed by atoms with Gasteiger partial charge < -0.3 is 15.2 Å².